The highest BCUT2D eigenvalue weighted by Gasteiger charge is 2.09. The van der Waals surface area contributed by atoms with Crippen LogP contribution in [0.25, 0.3) is 0 Å². The molecule has 0 bridgehead atoms. The molecule has 11 heteroatoms. The average Bonchev–Trinajstić information content (AvgIpc) is 2.54. The van der Waals surface area contributed by atoms with Gasteiger partial charge in [0.25, 0.3) is 0 Å². The summed E-state index contributed by atoms with van der Waals surface area (Å²) in [5, 5.41) is 27.2. The molecule has 0 aliphatic heterocycles. The van der Waals surface area contributed by atoms with E-state index in [2.05, 4.69) is 44.8 Å². The molecule has 0 aliphatic carbocycles. The fraction of sp³-hybridized carbons (Fsp3) is 0.778. The first-order chi connectivity index (χ1) is 13.4. The Hall–Kier alpha value is -1.07. The summed E-state index contributed by atoms with van der Waals surface area (Å²) in [6.45, 7) is 4.05. The Balaban J connectivity index is -0.000000212. The summed E-state index contributed by atoms with van der Waals surface area (Å²) in [5.41, 5.74) is 0. The number of carboxylic acids is 1. The average molecular weight is 477 g/mol. The molecule has 0 radical (unpaired) electrons. The second-order valence-corrected chi connectivity index (χ2v) is 7.21. The molecule has 174 valence electrons. The van der Waals surface area contributed by atoms with Gasteiger partial charge in [0, 0.05) is 0 Å². The monoisotopic (exact) mass is 476 g/mol. The Kier molecular flexibility index (Phi) is 35.5. The Morgan fingerprint density at radius 1 is 0.621 bits per heavy atom. The van der Waals surface area contributed by atoms with E-state index >= 15 is 0 Å². The Bertz CT molecular complexity index is 379. The van der Waals surface area contributed by atoms with Gasteiger partial charge >= 0.3 is 21.9 Å². The Labute approximate surface area is 189 Å². The molecule has 8 nitrogen and oxygen atoms in total. The molecule has 0 aromatic heterocycles. The third-order valence-corrected chi connectivity index (χ3v) is 3.41. The Morgan fingerprint density at radius 3 is 1.10 bits per heavy atom. The van der Waals surface area contributed by atoms with Crippen molar-refractivity contribution in [1.29, 1.82) is 0 Å². The van der Waals surface area contributed by atoms with Gasteiger partial charge in [0.05, 0.1) is 5.92 Å². The number of unbranched alkanes of at least 4 members (excludes halogenated alkanes) is 9. The third-order valence-electron chi connectivity index (χ3n) is 3.41. The summed E-state index contributed by atoms with van der Waals surface area (Å²) in [7, 11) is 0. The van der Waals surface area contributed by atoms with Crippen LogP contribution in [0, 0.1) is 5.92 Å². The molecule has 1 unspecified atom stereocenters. The van der Waals surface area contributed by atoms with Crippen LogP contribution in [0.5, 0.6) is 0 Å². The first-order valence-corrected chi connectivity index (χ1v) is 10.7. The SMILES string of the molecule is CCCCCCCCCCCCC(C)C(=O)O.O=C(O)S.O=C(O)S.O=C(O)S. The predicted octanol–water partition coefficient (Wildman–Crippen LogP) is 6.80. The van der Waals surface area contributed by atoms with Crippen molar-refractivity contribution < 1.29 is 39.6 Å². The minimum Gasteiger partial charge on any atom is -0.481 e. The second-order valence-electron chi connectivity index (χ2n) is 6.06. The molecule has 0 heterocycles. The second kappa shape index (κ2) is 29.1. The van der Waals surface area contributed by atoms with E-state index in [0.717, 1.165) is 12.8 Å². The van der Waals surface area contributed by atoms with E-state index in [9.17, 15) is 4.79 Å². The van der Waals surface area contributed by atoms with Crippen molar-refractivity contribution in [3.63, 3.8) is 0 Å². The van der Waals surface area contributed by atoms with Crippen molar-refractivity contribution in [2.45, 2.75) is 84.5 Å². The largest absolute Gasteiger partial charge is 0.481 e. The fourth-order valence-corrected chi connectivity index (χ4v) is 2.06. The number of thiol groups is 3. The first-order valence-electron chi connectivity index (χ1n) is 9.36. The van der Waals surface area contributed by atoms with Crippen molar-refractivity contribution in [2.24, 2.45) is 5.92 Å². The van der Waals surface area contributed by atoms with Crippen molar-refractivity contribution in [2.75, 3.05) is 0 Å². The maximum atomic E-state index is 10.6. The standard InChI is InChI=1S/C15H30O2.3CH2O2S/c1-3-4-5-6-7-8-9-10-11-12-13-14(2)15(16)17;3*2-1(3)4/h14H,3-13H2,1-2H3,(H,16,17);3*4H,(H,2,3). The van der Waals surface area contributed by atoms with Crippen LogP contribution < -0.4 is 0 Å². The summed E-state index contributed by atoms with van der Waals surface area (Å²) < 4.78 is 0. The summed E-state index contributed by atoms with van der Waals surface area (Å²) in [5.74, 6) is -0.815. The Morgan fingerprint density at radius 2 is 0.862 bits per heavy atom. The van der Waals surface area contributed by atoms with Crippen LogP contribution in [-0.2, 0) is 4.79 Å². The van der Waals surface area contributed by atoms with Crippen LogP contribution in [0.3, 0.4) is 0 Å². The summed E-state index contributed by atoms with van der Waals surface area (Å²) in [6, 6.07) is 0. The summed E-state index contributed by atoms with van der Waals surface area (Å²) >= 11 is 8.65. The van der Waals surface area contributed by atoms with Gasteiger partial charge < -0.3 is 20.4 Å². The summed E-state index contributed by atoms with van der Waals surface area (Å²) in [6.07, 6.45) is 13.9. The van der Waals surface area contributed by atoms with E-state index in [1.807, 2.05) is 0 Å². The van der Waals surface area contributed by atoms with E-state index in [1.54, 1.807) is 6.92 Å². The van der Waals surface area contributed by atoms with Crippen LogP contribution >= 0.6 is 37.9 Å². The molecule has 0 amide bonds. The van der Waals surface area contributed by atoms with Crippen molar-refractivity contribution in [3.05, 3.63) is 0 Å². The fourth-order valence-electron chi connectivity index (χ4n) is 2.06. The number of aliphatic carboxylic acids is 1. The van der Waals surface area contributed by atoms with Gasteiger partial charge in [-0.1, -0.05) is 116 Å². The zero-order valence-electron chi connectivity index (χ0n) is 17.1. The quantitative estimate of drug-likeness (QED) is 0.120. The zero-order chi connectivity index (χ0) is 23.7. The highest BCUT2D eigenvalue weighted by molar-refractivity contribution is 7.96. The molecule has 4 N–H and O–H groups in total. The molecule has 1 atom stereocenters. The molecule has 0 aliphatic rings. The predicted molar refractivity (Wildman–Crippen MR) is 124 cm³/mol. The van der Waals surface area contributed by atoms with Gasteiger partial charge in [-0.15, -0.1) is 0 Å². The molecule has 0 aromatic rings. The summed E-state index contributed by atoms with van der Waals surface area (Å²) in [4.78, 5) is 37.2. The van der Waals surface area contributed by atoms with Crippen LogP contribution in [0.4, 0.5) is 14.4 Å². The van der Waals surface area contributed by atoms with Crippen LogP contribution in [0.1, 0.15) is 84.5 Å². The number of hydrogen-bond acceptors (Lipinski definition) is 4. The number of carbonyl (C=O) groups is 4. The topological polar surface area (TPSA) is 149 Å². The van der Waals surface area contributed by atoms with E-state index in [1.165, 1.54) is 57.8 Å². The smallest absolute Gasteiger partial charge is 0.361 e. The minimum atomic E-state index is -1.14. The molecule has 0 rings (SSSR count). The minimum absolute atomic E-state index is 0.163. The van der Waals surface area contributed by atoms with Crippen LogP contribution in [0.2, 0.25) is 0 Å². The highest BCUT2D eigenvalue weighted by Crippen LogP contribution is 2.13. The van der Waals surface area contributed by atoms with Crippen LogP contribution in [0.15, 0.2) is 0 Å². The van der Waals surface area contributed by atoms with Gasteiger partial charge in [0.15, 0.2) is 0 Å². The molecule has 0 saturated heterocycles. The maximum Gasteiger partial charge on any atom is 0.361 e. The molecular formula is C18H36O8S3. The van der Waals surface area contributed by atoms with Gasteiger partial charge in [-0.3, -0.25) is 4.79 Å². The van der Waals surface area contributed by atoms with Crippen LogP contribution in [-0.4, -0.2) is 42.3 Å². The van der Waals surface area contributed by atoms with Gasteiger partial charge in [-0.05, 0) is 6.42 Å². The lowest BCUT2D eigenvalue weighted by atomic mass is 10.0. The van der Waals surface area contributed by atoms with E-state index in [4.69, 9.17) is 34.8 Å². The van der Waals surface area contributed by atoms with Gasteiger partial charge in [0.1, 0.15) is 0 Å². The van der Waals surface area contributed by atoms with Gasteiger partial charge in [-0.25, -0.2) is 14.4 Å². The molecule has 0 saturated carbocycles. The molecule has 0 spiro atoms. The molecule has 29 heavy (non-hydrogen) atoms. The van der Waals surface area contributed by atoms with E-state index in [0.29, 0.717) is 0 Å². The lowest BCUT2D eigenvalue weighted by Gasteiger charge is -2.05. The zero-order valence-corrected chi connectivity index (χ0v) is 19.8. The third kappa shape index (κ3) is 75.1. The first kappa shape index (κ1) is 35.4. The normalized spacial score (nSPS) is 9.97. The maximum absolute atomic E-state index is 10.6. The van der Waals surface area contributed by atoms with Gasteiger partial charge in [-0.2, -0.15) is 0 Å². The molecule has 0 aromatic carbocycles. The van der Waals surface area contributed by atoms with E-state index in [-0.39, 0.29) is 5.92 Å². The van der Waals surface area contributed by atoms with Crippen molar-refractivity contribution >= 4 is 59.8 Å². The van der Waals surface area contributed by atoms with Crippen molar-refractivity contribution in [1.82, 2.24) is 0 Å². The molecule has 0 fully saturated rings. The lowest BCUT2D eigenvalue weighted by molar-refractivity contribution is -0.141. The molecular weight excluding hydrogens is 440 g/mol. The van der Waals surface area contributed by atoms with Crippen molar-refractivity contribution in [3.8, 4) is 0 Å². The highest BCUT2D eigenvalue weighted by atomic mass is 32.1. The van der Waals surface area contributed by atoms with E-state index < -0.39 is 21.9 Å². The van der Waals surface area contributed by atoms with Gasteiger partial charge in [0.2, 0.25) is 0 Å². The number of rotatable bonds is 12. The number of hydrogen-bond donors (Lipinski definition) is 7. The number of carboxylic acid groups (broad SMARTS) is 4. The lowest BCUT2D eigenvalue weighted by Crippen LogP contribution is -2.08.